The van der Waals surface area contributed by atoms with Crippen molar-refractivity contribution in [1.82, 2.24) is 0 Å². The average Bonchev–Trinajstić information content (AvgIpc) is 3.47. The predicted molar refractivity (Wildman–Crippen MR) is 196 cm³/mol. The Kier molecular flexibility index (Phi) is 6.25. The molecule has 8 aromatic rings. The highest BCUT2D eigenvalue weighted by Crippen LogP contribution is 2.49. The van der Waals surface area contributed by atoms with Crippen LogP contribution < -0.4 is 0 Å². The summed E-state index contributed by atoms with van der Waals surface area (Å²) in [6, 6.07) is 66.4. The second kappa shape index (κ2) is 10.9. The molecule has 0 aromatic heterocycles. The van der Waals surface area contributed by atoms with E-state index in [4.69, 9.17) is 0 Å². The lowest BCUT2D eigenvalue weighted by atomic mass is 9.92. The zero-order valence-corrected chi connectivity index (χ0v) is 25.3. The molecular weight excluding hydrogens is 553 g/mol. The Morgan fingerprint density at radius 3 is 1.09 bits per heavy atom. The van der Waals surface area contributed by atoms with Crippen molar-refractivity contribution in [1.29, 1.82) is 0 Å². The van der Waals surface area contributed by atoms with Crippen molar-refractivity contribution in [2.75, 3.05) is 0 Å². The fourth-order valence-corrected chi connectivity index (χ4v) is 7.19. The van der Waals surface area contributed by atoms with Crippen LogP contribution in [0.25, 0.3) is 88.7 Å². The van der Waals surface area contributed by atoms with Gasteiger partial charge in [-0.3, -0.25) is 0 Å². The molecule has 46 heavy (non-hydrogen) atoms. The molecule has 0 saturated heterocycles. The van der Waals surface area contributed by atoms with Gasteiger partial charge in [0.1, 0.15) is 0 Å². The van der Waals surface area contributed by atoms with Crippen molar-refractivity contribution < 1.29 is 0 Å². The van der Waals surface area contributed by atoms with E-state index in [-0.39, 0.29) is 0 Å². The fraction of sp³-hybridized carbons (Fsp3) is 0. The molecular formula is C46H30. The molecule has 0 saturated carbocycles. The van der Waals surface area contributed by atoms with Gasteiger partial charge in [-0.1, -0.05) is 158 Å². The van der Waals surface area contributed by atoms with E-state index in [2.05, 4.69) is 182 Å². The van der Waals surface area contributed by atoms with E-state index in [9.17, 15) is 0 Å². The standard InChI is InChI=1S/C46H30/c1-2-11-31(12-3-1)32-13-6-14-33(27-32)34-15-7-16-35(28-34)36-17-8-18-37(29-36)38-19-9-20-39(30-38)40-25-26-45-42-22-5-4-21-41(42)44-24-10-23-43(40)46(44)45/h1-30H. The van der Waals surface area contributed by atoms with Crippen LogP contribution in [0.4, 0.5) is 0 Å². The number of benzene rings is 8. The summed E-state index contributed by atoms with van der Waals surface area (Å²) >= 11 is 0. The molecule has 9 rings (SSSR count). The summed E-state index contributed by atoms with van der Waals surface area (Å²) in [6.45, 7) is 0. The van der Waals surface area contributed by atoms with E-state index in [1.807, 2.05) is 0 Å². The van der Waals surface area contributed by atoms with E-state index >= 15 is 0 Å². The highest BCUT2D eigenvalue weighted by atomic mass is 14.2. The van der Waals surface area contributed by atoms with Crippen LogP contribution in [0.5, 0.6) is 0 Å². The van der Waals surface area contributed by atoms with Crippen LogP contribution in [0.2, 0.25) is 0 Å². The minimum atomic E-state index is 1.21. The maximum absolute atomic E-state index is 2.34. The van der Waals surface area contributed by atoms with Gasteiger partial charge < -0.3 is 0 Å². The van der Waals surface area contributed by atoms with Gasteiger partial charge in [-0.15, -0.1) is 0 Å². The first kappa shape index (κ1) is 26.4. The molecule has 0 bridgehead atoms. The fourth-order valence-electron chi connectivity index (χ4n) is 7.19. The minimum absolute atomic E-state index is 1.21. The molecule has 0 heterocycles. The summed E-state index contributed by atoms with van der Waals surface area (Å²) < 4.78 is 0. The molecule has 0 fully saturated rings. The number of rotatable bonds is 5. The summed E-state index contributed by atoms with van der Waals surface area (Å²) in [4.78, 5) is 0. The predicted octanol–water partition coefficient (Wildman–Crippen LogP) is 12.8. The van der Waals surface area contributed by atoms with Crippen molar-refractivity contribution in [3.63, 3.8) is 0 Å². The molecule has 1 aliphatic rings. The van der Waals surface area contributed by atoms with Crippen molar-refractivity contribution in [2.24, 2.45) is 0 Å². The summed E-state index contributed by atoms with van der Waals surface area (Å²) in [5, 5.41) is 2.67. The average molecular weight is 583 g/mol. The Balaban J connectivity index is 1.07. The molecule has 0 radical (unpaired) electrons. The largest absolute Gasteiger partial charge is 0.0622 e. The molecule has 214 valence electrons. The van der Waals surface area contributed by atoms with Crippen LogP contribution in [0.15, 0.2) is 182 Å². The summed E-state index contributed by atoms with van der Waals surface area (Å²) in [5.41, 5.74) is 17.6. The van der Waals surface area contributed by atoms with Crippen LogP contribution in [0.1, 0.15) is 0 Å². The van der Waals surface area contributed by atoms with Crippen LogP contribution in [-0.4, -0.2) is 0 Å². The molecule has 0 spiro atoms. The van der Waals surface area contributed by atoms with E-state index in [0.717, 1.165) is 0 Å². The summed E-state index contributed by atoms with van der Waals surface area (Å²) in [5.74, 6) is 0. The van der Waals surface area contributed by atoms with Gasteiger partial charge in [0.25, 0.3) is 0 Å². The van der Waals surface area contributed by atoms with Crippen LogP contribution in [-0.2, 0) is 0 Å². The first-order valence-corrected chi connectivity index (χ1v) is 15.9. The van der Waals surface area contributed by atoms with Gasteiger partial charge in [0, 0.05) is 0 Å². The quantitative estimate of drug-likeness (QED) is 0.189. The second-order valence-corrected chi connectivity index (χ2v) is 12.1. The minimum Gasteiger partial charge on any atom is -0.0622 e. The lowest BCUT2D eigenvalue weighted by Crippen LogP contribution is -1.86. The Hall–Kier alpha value is -5.98. The first-order chi connectivity index (χ1) is 22.8. The molecule has 1 aliphatic carbocycles. The van der Waals surface area contributed by atoms with Gasteiger partial charge >= 0.3 is 0 Å². The molecule has 0 aliphatic heterocycles. The Morgan fingerprint density at radius 2 is 0.543 bits per heavy atom. The van der Waals surface area contributed by atoms with Gasteiger partial charge in [-0.25, -0.2) is 0 Å². The third-order valence-corrected chi connectivity index (χ3v) is 9.42. The highest BCUT2D eigenvalue weighted by Gasteiger charge is 2.22. The lowest BCUT2D eigenvalue weighted by molar-refractivity contribution is 1.56. The van der Waals surface area contributed by atoms with Crippen LogP contribution >= 0.6 is 0 Å². The smallest absolute Gasteiger partial charge is 0.00201 e. The van der Waals surface area contributed by atoms with Crippen LogP contribution in [0, 0.1) is 0 Å². The zero-order chi connectivity index (χ0) is 30.5. The van der Waals surface area contributed by atoms with Crippen molar-refractivity contribution in [3.05, 3.63) is 182 Å². The van der Waals surface area contributed by atoms with Gasteiger partial charge in [0.15, 0.2) is 0 Å². The topological polar surface area (TPSA) is 0 Å². The summed E-state index contributed by atoms with van der Waals surface area (Å²) in [6.07, 6.45) is 0. The zero-order valence-electron chi connectivity index (χ0n) is 25.3. The monoisotopic (exact) mass is 582 g/mol. The van der Waals surface area contributed by atoms with Crippen molar-refractivity contribution in [2.45, 2.75) is 0 Å². The normalized spacial score (nSPS) is 11.5. The van der Waals surface area contributed by atoms with E-state index in [0.29, 0.717) is 0 Å². The molecule has 0 N–H and O–H groups in total. The maximum atomic E-state index is 2.34. The first-order valence-electron chi connectivity index (χ1n) is 15.9. The molecule has 0 amide bonds. The third kappa shape index (κ3) is 4.47. The van der Waals surface area contributed by atoms with E-state index < -0.39 is 0 Å². The molecule has 0 nitrogen and oxygen atoms in total. The molecule has 8 aromatic carbocycles. The SMILES string of the molecule is c1ccc(-c2cccc(-c3cccc(-c4cccc(-c5cccc(-c6ccc7c8c(cccc68)-c6ccccc6-7)c5)c4)c3)c2)cc1. The number of fused-ring (bicyclic) bond motifs is 3. The number of hydrogen-bond donors (Lipinski definition) is 0. The Morgan fingerprint density at radius 1 is 0.196 bits per heavy atom. The molecule has 0 atom stereocenters. The molecule has 0 unspecified atom stereocenters. The second-order valence-electron chi connectivity index (χ2n) is 12.1. The molecule has 0 heteroatoms. The lowest BCUT2D eigenvalue weighted by Gasteiger charge is -2.12. The number of hydrogen-bond acceptors (Lipinski definition) is 0. The third-order valence-electron chi connectivity index (χ3n) is 9.42. The van der Waals surface area contributed by atoms with Gasteiger partial charge in [0.05, 0.1) is 0 Å². The van der Waals surface area contributed by atoms with Crippen molar-refractivity contribution >= 4 is 10.8 Å². The van der Waals surface area contributed by atoms with Gasteiger partial charge in [-0.2, -0.15) is 0 Å². The van der Waals surface area contributed by atoms with Gasteiger partial charge in [0.2, 0.25) is 0 Å². The summed E-state index contributed by atoms with van der Waals surface area (Å²) in [7, 11) is 0. The highest BCUT2D eigenvalue weighted by molar-refractivity contribution is 6.18. The Bertz CT molecular complexity index is 2380. The van der Waals surface area contributed by atoms with Gasteiger partial charge in [-0.05, 0) is 113 Å². The maximum Gasteiger partial charge on any atom is -0.00201 e. The Labute approximate surface area is 269 Å². The van der Waals surface area contributed by atoms with Crippen LogP contribution in [0.3, 0.4) is 0 Å². The van der Waals surface area contributed by atoms with E-state index in [1.165, 1.54) is 88.7 Å². The van der Waals surface area contributed by atoms with Crippen molar-refractivity contribution in [3.8, 4) is 77.9 Å². The van der Waals surface area contributed by atoms with E-state index in [1.54, 1.807) is 0 Å².